The van der Waals surface area contributed by atoms with Crippen LogP contribution >= 0.6 is 11.8 Å². The van der Waals surface area contributed by atoms with Crippen LogP contribution in [0.25, 0.3) is 0 Å². The van der Waals surface area contributed by atoms with Crippen LogP contribution in [0.4, 0.5) is 4.79 Å². The summed E-state index contributed by atoms with van der Waals surface area (Å²) in [6.07, 6.45) is 0.628. The van der Waals surface area contributed by atoms with Crippen molar-refractivity contribution in [3.8, 4) is 0 Å². The molecule has 1 unspecified atom stereocenters. The van der Waals surface area contributed by atoms with Crippen molar-refractivity contribution in [2.45, 2.75) is 63.0 Å². The van der Waals surface area contributed by atoms with Gasteiger partial charge in [0.15, 0.2) is 12.1 Å². The summed E-state index contributed by atoms with van der Waals surface area (Å²) >= 11 is 1.33. The Morgan fingerprint density at radius 2 is 1.56 bits per heavy atom. The average Bonchev–Trinajstić information content (AvgIpc) is 3.11. The predicted octanol–water partition coefficient (Wildman–Crippen LogP) is 5.86. The van der Waals surface area contributed by atoms with Crippen molar-refractivity contribution in [1.82, 2.24) is 15.6 Å². The molecular weight excluding hydrogens is 630 g/mol. The molecule has 1 aliphatic rings. The number of carbonyl (C=O) groups excluding carboxylic acids is 2. The topological polar surface area (TPSA) is 147 Å². The SMILES string of the molecule is CC(=O)[C@@H](Cc1ccccc1)NC(=O)NCc1ccc(C2O[C@H](CSc3ncccc3C(=O)O)[C@H](C)[C@H](c3ccc(CO)cc3)O2)cc1. The number of benzene rings is 3. The summed E-state index contributed by atoms with van der Waals surface area (Å²) in [5.41, 5.74) is 4.47. The number of amides is 2. The second-order valence-electron chi connectivity index (χ2n) is 11.7. The molecule has 3 aromatic carbocycles. The van der Waals surface area contributed by atoms with Crippen LogP contribution in [0.2, 0.25) is 0 Å². The maximum Gasteiger partial charge on any atom is 0.338 e. The molecule has 2 amide bonds. The fourth-order valence-electron chi connectivity index (χ4n) is 5.47. The molecule has 0 spiro atoms. The highest BCUT2D eigenvalue weighted by atomic mass is 32.2. The largest absolute Gasteiger partial charge is 0.478 e. The first-order valence-corrected chi connectivity index (χ1v) is 16.7. The number of hydrogen-bond acceptors (Lipinski definition) is 8. The van der Waals surface area contributed by atoms with Crippen LogP contribution in [0.5, 0.6) is 0 Å². The number of rotatable bonds is 13. The second kappa shape index (κ2) is 16.5. The number of aromatic nitrogens is 1. The van der Waals surface area contributed by atoms with E-state index in [0.29, 0.717) is 17.2 Å². The van der Waals surface area contributed by atoms with E-state index in [2.05, 4.69) is 15.6 Å². The van der Waals surface area contributed by atoms with Gasteiger partial charge >= 0.3 is 12.0 Å². The molecule has 1 aliphatic heterocycles. The van der Waals surface area contributed by atoms with Crippen molar-refractivity contribution < 1.29 is 34.1 Å². The Kier molecular flexibility index (Phi) is 12.0. The molecule has 0 aliphatic carbocycles. The van der Waals surface area contributed by atoms with Gasteiger partial charge in [0, 0.05) is 30.0 Å². The number of carboxylic acids is 1. The van der Waals surface area contributed by atoms with E-state index in [0.717, 1.165) is 27.8 Å². The Morgan fingerprint density at radius 1 is 0.875 bits per heavy atom. The number of thioether (sulfide) groups is 1. The number of nitrogens with zero attached hydrogens (tertiary/aromatic N) is 1. The smallest absolute Gasteiger partial charge is 0.338 e. The molecular formula is C37H39N3O7S. The molecule has 11 heteroatoms. The highest BCUT2D eigenvalue weighted by Gasteiger charge is 2.38. The van der Waals surface area contributed by atoms with E-state index in [1.165, 1.54) is 24.8 Å². The number of ketones is 1. The highest BCUT2D eigenvalue weighted by molar-refractivity contribution is 7.99. The molecule has 1 aromatic heterocycles. The number of ether oxygens (including phenoxy) is 2. The zero-order valence-corrected chi connectivity index (χ0v) is 27.6. The van der Waals surface area contributed by atoms with Crippen LogP contribution in [0.1, 0.15) is 64.4 Å². The van der Waals surface area contributed by atoms with Gasteiger partial charge in [-0.05, 0) is 47.7 Å². The van der Waals surface area contributed by atoms with Gasteiger partial charge in [-0.25, -0.2) is 14.6 Å². The molecule has 1 fully saturated rings. The Balaban J connectivity index is 1.26. The van der Waals surface area contributed by atoms with Crippen LogP contribution in [0.15, 0.2) is 102 Å². The molecule has 250 valence electrons. The van der Waals surface area contributed by atoms with Gasteiger partial charge in [-0.15, -0.1) is 11.8 Å². The molecule has 1 saturated heterocycles. The maximum absolute atomic E-state index is 12.7. The minimum Gasteiger partial charge on any atom is -0.478 e. The molecule has 0 radical (unpaired) electrons. The lowest BCUT2D eigenvalue weighted by Gasteiger charge is -2.41. The van der Waals surface area contributed by atoms with Crippen molar-refractivity contribution in [2.75, 3.05) is 5.75 Å². The molecule has 0 bridgehead atoms. The molecule has 0 saturated carbocycles. The number of urea groups is 1. The molecule has 4 N–H and O–H groups in total. The Labute approximate surface area is 283 Å². The zero-order chi connectivity index (χ0) is 34.0. The number of nitrogens with one attached hydrogen (secondary N) is 2. The Hall–Kier alpha value is -4.55. The molecule has 5 atom stereocenters. The zero-order valence-electron chi connectivity index (χ0n) is 26.7. The summed E-state index contributed by atoms with van der Waals surface area (Å²) in [6, 6.07) is 26.8. The van der Waals surface area contributed by atoms with E-state index in [9.17, 15) is 24.6 Å². The Morgan fingerprint density at radius 3 is 2.23 bits per heavy atom. The van der Waals surface area contributed by atoms with Crippen LogP contribution in [-0.4, -0.2) is 50.9 Å². The van der Waals surface area contributed by atoms with Crippen molar-refractivity contribution in [3.63, 3.8) is 0 Å². The van der Waals surface area contributed by atoms with Crippen LogP contribution < -0.4 is 10.6 Å². The van der Waals surface area contributed by atoms with Crippen molar-refractivity contribution >= 4 is 29.5 Å². The number of carboxylic acid groups (broad SMARTS) is 1. The number of carbonyl (C=O) groups is 3. The van der Waals surface area contributed by atoms with Gasteiger partial charge in [0.1, 0.15) is 5.03 Å². The molecule has 48 heavy (non-hydrogen) atoms. The lowest BCUT2D eigenvalue weighted by molar-refractivity contribution is -0.268. The van der Waals surface area contributed by atoms with Gasteiger partial charge in [0.25, 0.3) is 0 Å². The number of Topliss-reactive ketones (excluding diaryl/α,β-unsaturated/α-hetero) is 1. The molecule has 2 heterocycles. The minimum absolute atomic E-state index is 0.0593. The first kappa shape index (κ1) is 34.8. The summed E-state index contributed by atoms with van der Waals surface area (Å²) in [5, 5.41) is 25.2. The van der Waals surface area contributed by atoms with Crippen LogP contribution in [0, 0.1) is 5.92 Å². The van der Waals surface area contributed by atoms with Crippen molar-refractivity contribution in [1.29, 1.82) is 0 Å². The predicted molar refractivity (Wildman–Crippen MR) is 181 cm³/mol. The summed E-state index contributed by atoms with van der Waals surface area (Å²) in [7, 11) is 0. The Bertz CT molecular complexity index is 1690. The minimum atomic E-state index is -1.04. The van der Waals surface area contributed by atoms with E-state index in [1.54, 1.807) is 12.3 Å². The number of pyridine rings is 1. The van der Waals surface area contributed by atoms with Crippen molar-refractivity contribution in [3.05, 3.63) is 131 Å². The average molecular weight is 670 g/mol. The number of hydrogen-bond donors (Lipinski definition) is 4. The maximum atomic E-state index is 12.7. The molecule has 5 rings (SSSR count). The molecule has 10 nitrogen and oxygen atoms in total. The monoisotopic (exact) mass is 669 g/mol. The standard InChI is InChI=1S/C37H39N3O7S/c1-23-32(22-48-34-30(35(43)44)9-6-18-38-34)46-36(47-33(23)28-14-12-27(21-41)13-15-28)29-16-10-26(11-17-29)20-39-37(45)40-31(24(2)42)19-25-7-4-3-5-8-25/h3-18,23,31-33,36,41H,19-22H2,1-2H3,(H,43,44)(H2,39,40,45)/t23-,31+,32+,33+,36?/m0/s1. The quantitative estimate of drug-likeness (QED) is 0.129. The van der Waals surface area contributed by atoms with Gasteiger partial charge in [0.05, 0.1) is 30.4 Å². The van der Waals surface area contributed by atoms with Gasteiger partial charge in [0.2, 0.25) is 0 Å². The summed E-state index contributed by atoms with van der Waals surface area (Å²) in [6.45, 7) is 3.70. The van der Waals surface area contributed by atoms with Crippen LogP contribution in [0.3, 0.4) is 0 Å². The van der Waals surface area contributed by atoms with Gasteiger partial charge < -0.3 is 30.3 Å². The lowest BCUT2D eigenvalue weighted by atomic mass is 9.91. The van der Waals surface area contributed by atoms with E-state index < -0.39 is 24.3 Å². The van der Waals surface area contributed by atoms with E-state index in [-0.39, 0.29) is 42.6 Å². The van der Waals surface area contributed by atoms with Gasteiger partial charge in [-0.3, -0.25) is 4.79 Å². The normalized spacial score (nSPS) is 19.6. The number of aliphatic hydroxyl groups excluding tert-OH is 1. The number of aromatic carboxylic acids is 1. The number of aliphatic hydroxyl groups is 1. The van der Waals surface area contributed by atoms with E-state index >= 15 is 0 Å². The van der Waals surface area contributed by atoms with Gasteiger partial charge in [-0.1, -0.05) is 85.8 Å². The third-order valence-electron chi connectivity index (χ3n) is 8.29. The second-order valence-corrected chi connectivity index (χ2v) is 12.7. The third kappa shape index (κ3) is 9.07. The van der Waals surface area contributed by atoms with E-state index in [4.69, 9.17) is 9.47 Å². The summed E-state index contributed by atoms with van der Waals surface area (Å²) in [4.78, 5) is 40.9. The van der Waals surface area contributed by atoms with Crippen LogP contribution in [-0.2, 0) is 33.8 Å². The fraction of sp³-hybridized carbons (Fsp3) is 0.297. The summed E-state index contributed by atoms with van der Waals surface area (Å²) in [5.74, 6) is -0.800. The molecule has 4 aromatic rings. The summed E-state index contributed by atoms with van der Waals surface area (Å²) < 4.78 is 13.0. The first-order valence-electron chi connectivity index (χ1n) is 15.7. The highest BCUT2D eigenvalue weighted by Crippen LogP contribution is 2.43. The third-order valence-corrected chi connectivity index (χ3v) is 9.39. The lowest BCUT2D eigenvalue weighted by Crippen LogP contribution is -2.46. The van der Waals surface area contributed by atoms with E-state index in [1.807, 2.05) is 85.8 Å². The first-order chi connectivity index (χ1) is 23.2. The fourth-order valence-corrected chi connectivity index (χ4v) is 6.62. The van der Waals surface area contributed by atoms with Gasteiger partial charge in [-0.2, -0.15) is 0 Å². The van der Waals surface area contributed by atoms with Crippen molar-refractivity contribution in [2.24, 2.45) is 5.92 Å².